The van der Waals surface area contributed by atoms with E-state index in [1.54, 1.807) is 0 Å². The Hall–Kier alpha value is -0.0400. The predicted octanol–water partition coefficient (Wildman–Crippen LogP) is 3.73. The maximum atomic E-state index is 5.91. The molecule has 0 heterocycles. The molecule has 1 fully saturated rings. The molecule has 0 amide bonds. The molecule has 1 aliphatic carbocycles. The van der Waals surface area contributed by atoms with Gasteiger partial charge in [0, 0.05) is 0 Å². The standard InChI is InChI=1S/C12H23O/c1-3-11(2)13-12-9-7-5-4-6-8-10-12/h11-12H,1,3-10H2,2H3. The minimum Gasteiger partial charge on any atom is -0.375 e. The van der Waals surface area contributed by atoms with E-state index >= 15 is 0 Å². The fraction of sp³-hybridized carbons (Fsp3) is 0.917. The summed E-state index contributed by atoms with van der Waals surface area (Å²) in [6, 6.07) is 0. The van der Waals surface area contributed by atoms with Crippen LogP contribution in [0.3, 0.4) is 0 Å². The zero-order valence-electron chi connectivity index (χ0n) is 8.93. The second-order valence-corrected chi connectivity index (χ2v) is 4.20. The summed E-state index contributed by atoms with van der Waals surface area (Å²) in [6.45, 7) is 6.00. The average molecular weight is 183 g/mol. The van der Waals surface area contributed by atoms with Gasteiger partial charge >= 0.3 is 0 Å². The van der Waals surface area contributed by atoms with Gasteiger partial charge in [0.2, 0.25) is 0 Å². The van der Waals surface area contributed by atoms with Crippen LogP contribution in [0.4, 0.5) is 0 Å². The highest BCUT2D eigenvalue weighted by Gasteiger charge is 2.13. The monoisotopic (exact) mass is 183 g/mol. The second kappa shape index (κ2) is 6.42. The molecule has 13 heavy (non-hydrogen) atoms. The van der Waals surface area contributed by atoms with E-state index in [-0.39, 0.29) is 0 Å². The Labute approximate surface area is 82.9 Å². The van der Waals surface area contributed by atoms with E-state index in [9.17, 15) is 0 Å². The summed E-state index contributed by atoms with van der Waals surface area (Å²) >= 11 is 0. The van der Waals surface area contributed by atoms with Gasteiger partial charge in [0.25, 0.3) is 0 Å². The number of ether oxygens (including phenoxy) is 1. The fourth-order valence-corrected chi connectivity index (χ4v) is 1.95. The van der Waals surface area contributed by atoms with Gasteiger partial charge in [-0.05, 0) is 26.2 Å². The Morgan fingerprint density at radius 3 is 2.23 bits per heavy atom. The predicted molar refractivity (Wildman–Crippen MR) is 56.6 cm³/mol. The lowest BCUT2D eigenvalue weighted by atomic mass is 9.98. The Morgan fingerprint density at radius 1 is 1.15 bits per heavy atom. The van der Waals surface area contributed by atoms with E-state index in [4.69, 9.17) is 4.74 Å². The fourth-order valence-electron chi connectivity index (χ4n) is 1.95. The van der Waals surface area contributed by atoms with E-state index in [1.165, 1.54) is 44.9 Å². The van der Waals surface area contributed by atoms with Gasteiger partial charge in [-0.2, -0.15) is 0 Å². The molecule has 77 valence electrons. The van der Waals surface area contributed by atoms with Crippen molar-refractivity contribution in [2.75, 3.05) is 0 Å². The molecule has 1 heteroatoms. The summed E-state index contributed by atoms with van der Waals surface area (Å²) in [5.41, 5.74) is 0. The van der Waals surface area contributed by atoms with Crippen LogP contribution < -0.4 is 0 Å². The van der Waals surface area contributed by atoms with Crippen LogP contribution in [0.2, 0.25) is 0 Å². The van der Waals surface area contributed by atoms with Crippen LogP contribution in [-0.2, 0) is 4.74 Å². The topological polar surface area (TPSA) is 9.23 Å². The molecule has 0 aromatic rings. The van der Waals surface area contributed by atoms with Crippen LogP contribution in [0.25, 0.3) is 0 Å². The second-order valence-electron chi connectivity index (χ2n) is 4.20. The average Bonchev–Trinajstić information content (AvgIpc) is 2.09. The zero-order valence-corrected chi connectivity index (χ0v) is 8.93. The SMILES string of the molecule is [CH2]CC(C)OC1CCCCCCC1. The molecule has 1 aliphatic rings. The quantitative estimate of drug-likeness (QED) is 0.648. The lowest BCUT2D eigenvalue weighted by Gasteiger charge is -2.23. The van der Waals surface area contributed by atoms with Gasteiger partial charge in [-0.1, -0.05) is 39.0 Å². The largest absolute Gasteiger partial charge is 0.375 e. The smallest absolute Gasteiger partial charge is 0.0578 e. The van der Waals surface area contributed by atoms with Gasteiger partial charge in [0.1, 0.15) is 0 Å². The first-order chi connectivity index (χ1) is 6.33. The van der Waals surface area contributed by atoms with E-state index in [0.29, 0.717) is 12.2 Å². The Balaban J connectivity index is 2.21. The molecular formula is C12H23O. The van der Waals surface area contributed by atoms with E-state index in [2.05, 4.69) is 13.8 Å². The van der Waals surface area contributed by atoms with Crippen molar-refractivity contribution in [2.24, 2.45) is 0 Å². The Bertz CT molecular complexity index is 114. The van der Waals surface area contributed by atoms with Crippen LogP contribution in [0.5, 0.6) is 0 Å². The van der Waals surface area contributed by atoms with E-state index in [1.807, 2.05) is 0 Å². The van der Waals surface area contributed by atoms with Crippen molar-refractivity contribution in [2.45, 2.75) is 70.5 Å². The summed E-state index contributed by atoms with van der Waals surface area (Å²) in [5, 5.41) is 0. The molecular weight excluding hydrogens is 160 g/mol. The van der Waals surface area contributed by atoms with Gasteiger partial charge in [-0.25, -0.2) is 0 Å². The van der Waals surface area contributed by atoms with Crippen molar-refractivity contribution in [3.63, 3.8) is 0 Å². The van der Waals surface area contributed by atoms with Gasteiger partial charge in [-0.3, -0.25) is 0 Å². The maximum absolute atomic E-state index is 5.91. The van der Waals surface area contributed by atoms with Crippen molar-refractivity contribution in [1.29, 1.82) is 0 Å². The Morgan fingerprint density at radius 2 is 1.69 bits per heavy atom. The number of hydrogen-bond donors (Lipinski definition) is 0. The summed E-state index contributed by atoms with van der Waals surface area (Å²) in [6.07, 6.45) is 11.3. The van der Waals surface area contributed by atoms with Gasteiger partial charge in [-0.15, -0.1) is 0 Å². The molecule has 0 N–H and O–H groups in total. The molecule has 0 aromatic carbocycles. The molecule has 0 aromatic heterocycles. The number of hydrogen-bond acceptors (Lipinski definition) is 1. The summed E-state index contributed by atoms with van der Waals surface area (Å²) < 4.78 is 5.91. The van der Waals surface area contributed by atoms with Crippen molar-refractivity contribution >= 4 is 0 Å². The van der Waals surface area contributed by atoms with Gasteiger partial charge in [0.05, 0.1) is 12.2 Å². The first-order valence-corrected chi connectivity index (χ1v) is 5.77. The van der Waals surface area contributed by atoms with E-state index < -0.39 is 0 Å². The van der Waals surface area contributed by atoms with Crippen LogP contribution in [0.1, 0.15) is 58.3 Å². The zero-order chi connectivity index (χ0) is 9.52. The van der Waals surface area contributed by atoms with Gasteiger partial charge in [0.15, 0.2) is 0 Å². The molecule has 0 spiro atoms. The number of rotatable bonds is 3. The van der Waals surface area contributed by atoms with Crippen molar-refractivity contribution in [3.05, 3.63) is 6.92 Å². The maximum Gasteiger partial charge on any atom is 0.0578 e. The van der Waals surface area contributed by atoms with E-state index in [0.717, 1.165) is 6.42 Å². The molecule has 0 bridgehead atoms. The highest BCUT2D eigenvalue weighted by molar-refractivity contribution is 4.65. The van der Waals surface area contributed by atoms with Crippen LogP contribution >= 0.6 is 0 Å². The first kappa shape index (κ1) is 11.0. The van der Waals surface area contributed by atoms with Crippen molar-refractivity contribution < 1.29 is 4.74 Å². The molecule has 1 saturated carbocycles. The molecule has 0 aliphatic heterocycles. The minimum absolute atomic E-state index is 0.351. The summed E-state index contributed by atoms with van der Waals surface area (Å²) in [7, 11) is 0. The summed E-state index contributed by atoms with van der Waals surface area (Å²) in [4.78, 5) is 0. The van der Waals surface area contributed by atoms with Crippen LogP contribution in [-0.4, -0.2) is 12.2 Å². The molecule has 1 unspecified atom stereocenters. The highest BCUT2D eigenvalue weighted by Crippen LogP contribution is 2.20. The highest BCUT2D eigenvalue weighted by atomic mass is 16.5. The first-order valence-electron chi connectivity index (χ1n) is 5.77. The summed E-state index contributed by atoms with van der Waals surface area (Å²) in [5.74, 6) is 0. The molecule has 0 saturated heterocycles. The van der Waals surface area contributed by atoms with Crippen LogP contribution in [0.15, 0.2) is 0 Å². The third kappa shape index (κ3) is 4.66. The minimum atomic E-state index is 0.351. The molecule has 1 atom stereocenters. The third-order valence-electron chi connectivity index (χ3n) is 2.88. The lowest BCUT2D eigenvalue weighted by Crippen LogP contribution is -2.20. The van der Waals surface area contributed by atoms with Gasteiger partial charge < -0.3 is 4.74 Å². The van der Waals surface area contributed by atoms with Crippen molar-refractivity contribution in [3.8, 4) is 0 Å². The molecule has 1 rings (SSSR count). The third-order valence-corrected chi connectivity index (χ3v) is 2.88. The normalized spacial score (nSPS) is 23.5. The molecule has 1 radical (unpaired) electrons. The van der Waals surface area contributed by atoms with Crippen molar-refractivity contribution in [1.82, 2.24) is 0 Å². The van der Waals surface area contributed by atoms with Crippen LogP contribution in [0, 0.1) is 6.92 Å². The Kier molecular flexibility index (Phi) is 5.45. The molecule has 1 nitrogen and oxygen atoms in total. The lowest BCUT2D eigenvalue weighted by molar-refractivity contribution is -0.0138.